The van der Waals surface area contributed by atoms with Gasteiger partial charge in [-0.1, -0.05) is 0 Å². The predicted octanol–water partition coefficient (Wildman–Crippen LogP) is 2.91. The van der Waals surface area contributed by atoms with Crippen LogP contribution in [0, 0.1) is 31.0 Å². The third kappa shape index (κ3) is 2.66. The maximum atomic E-state index is 13.2. The van der Waals surface area contributed by atoms with Gasteiger partial charge in [-0.05, 0) is 32.0 Å². The summed E-state index contributed by atoms with van der Waals surface area (Å²) in [6.45, 7) is 4.04. The number of benzene rings is 1. The standard InChI is InChI=1S/C13H12FN3O/c1-8-9(2)18-13(17-8)7-16-12-4-10(6-15)3-11(14)5-12/h3-5,16H,7H2,1-2H3. The van der Waals surface area contributed by atoms with Crippen LogP contribution in [-0.4, -0.2) is 4.98 Å². The molecule has 0 saturated carbocycles. The number of hydrogen-bond donors (Lipinski definition) is 1. The highest BCUT2D eigenvalue weighted by atomic mass is 19.1. The highest BCUT2D eigenvalue weighted by Crippen LogP contribution is 2.15. The van der Waals surface area contributed by atoms with Crippen molar-refractivity contribution in [3.63, 3.8) is 0 Å². The topological polar surface area (TPSA) is 61.9 Å². The SMILES string of the molecule is Cc1nc(CNc2cc(F)cc(C#N)c2)oc1C. The van der Waals surface area contributed by atoms with Crippen molar-refractivity contribution >= 4 is 5.69 Å². The van der Waals surface area contributed by atoms with Crippen LogP contribution in [0.4, 0.5) is 10.1 Å². The lowest BCUT2D eigenvalue weighted by atomic mass is 10.2. The van der Waals surface area contributed by atoms with Gasteiger partial charge in [0.1, 0.15) is 11.6 Å². The second-order valence-electron chi connectivity index (χ2n) is 3.94. The molecular weight excluding hydrogens is 233 g/mol. The van der Waals surface area contributed by atoms with Crippen LogP contribution in [0.3, 0.4) is 0 Å². The third-order valence-electron chi connectivity index (χ3n) is 2.54. The second kappa shape index (κ2) is 4.88. The lowest BCUT2D eigenvalue weighted by molar-refractivity contribution is 0.478. The van der Waals surface area contributed by atoms with Gasteiger partial charge in [-0.25, -0.2) is 9.37 Å². The number of aryl methyl sites for hydroxylation is 2. The van der Waals surface area contributed by atoms with Gasteiger partial charge in [0.2, 0.25) is 5.89 Å². The van der Waals surface area contributed by atoms with Crippen molar-refractivity contribution in [2.24, 2.45) is 0 Å². The molecule has 1 aromatic carbocycles. The third-order valence-corrected chi connectivity index (χ3v) is 2.54. The van der Waals surface area contributed by atoms with Gasteiger partial charge in [-0.15, -0.1) is 0 Å². The Morgan fingerprint density at radius 2 is 2.17 bits per heavy atom. The molecule has 5 heteroatoms. The van der Waals surface area contributed by atoms with Gasteiger partial charge in [-0.2, -0.15) is 5.26 Å². The monoisotopic (exact) mass is 245 g/mol. The first-order valence-electron chi connectivity index (χ1n) is 5.46. The zero-order chi connectivity index (χ0) is 13.1. The van der Waals surface area contributed by atoms with E-state index in [2.05, 4.69) is 10.3 Å². The summed E-state index contributed by atoms with van der Waals surface area (Å²) in [7, 11) is 0. The number of aromatic nitrogens is 1. The van der Waals surface area contributed by atoms with Gasteiger partial charge < -0.3 is 9.73 Å². The summed E-state index contributed by atoms with van der Waals surface area (Å²) in [6, 6.07) is 5.98. The van der Waals surface area contributed by atoms with Gasteiger partial charge in [0.15, 0.2) is 0 Å². The molecule has 0 bridgehead atoms. The predicted molar refractivity (Wildman–Crippen MR) is 64.4 cm³/mol. The van der Waals surface area contributed by atoms with Crippen LogP contribution in [0.5, 0.6) is 0 Å². The van der Waals surface area contributed by atoms with Crippen molar-refractivity contribution in [2.75, 3.05) is 5.32 Å². The first kappa shape index (κ1) is 12.1. The summed E-state index contributed by atoms with van der Waals surface area (Å²) in [5.41, 5.74) is 1.64. The number of oxazole rings is 1. The minimum absolute atomic E-state index is 0.275. The summed E-state index contributed by atoms with van der Waals surface area (Å²) < 4.78 is 18.6. The van der Waals surface area contributed by atoms with E-state index < -0.39 is 5.82 Å². The van der Waals surface area contributed by atoms with E-state index in [0.717, 1.165) is 11.5 Å². The number of anilines is 1. The minimum atomic E-state index is -0.448. The number of hydrogen-bond acceptors (Lipinski definition) is 4. The zero-order valence-electron chi connectivity index (χ0n) is 10.1. The van der Waals surface area contributed by atoms with Gasteiger partial charge >= 0.3 is 0 Å². The number of nitrogens with zero attached hydrogens (tertiary/aromatic N) is 2. The average molecular weight is 245 g/mol. The molecule has 4 nitrogen and oxygen atoms in total. The molecule has 0 saturated heterocycles. The van der Waals surface area contributed by atoms with Crippen molar-refractivity contribution in [1.82, 2.24) is 4.98 Å². The Bertz CT molecular complexity index is 594. The zero-order valence-corrected chi connectivity index (χ0v) is 10.1. The van der Waals surface area contributed by atoms with Gasteiger partial charge in [0, 0.05) is 5.69 Å². The molecular formula is C13H12FN3O. The second-order valence-corrected chi connectivity index (χ2v) is 3.94. The molecule has 18 heavy (non-hydrogen) atoms. The first-order chi connectivity index (χ1) is 8.58. The van der Waals surface area contributed by atoms with Crippen molar-refractivity contribution in [2.45, 2.75) is 20.4 Å². The largest absolute Gasteiger partial charge is 0.444 e. The Kier molecular flexibility index (Phi) is 3.28. The molecule has 92 valence electrons. The number of rotatable bonds is 3. The van der Waals surface area contributed by atoms with Gasteiger partial charge in [0.25, 0.3) is 0 Å². The van der Waals surface area contributed by atoms with Crippen molar-refractivity contribution in [3.8, 4) is 6.07 Å². The summed E-state index contributed by atoms with van der Waals surface area (Å²) in [6.07, 6.45) is 0. The molecule has 1 heterocycles. The molecule has 0 atom stereocenters. The van der Waals surface area contributed by atoms with Crippen LogP contribution in [-0.2, 0) is 6.54 Å². The van der Waals surface area contributed by atoms with Crippen LogP contribution >= 0.6 is 0 Å². The fraction of sp³-hybridized carbons (Fsp3) is 0.231. The van der Waals surface area contributed by atoms with E-state index in [0.29, 0.717) is 18.1 Å². The molecule has 1 N–H and O–H groups in total. The molecule has 0 unspecified atom stereocenters. The fourth-order valence-corrected chi connectivity index (χ4v) is 1.55. The van der Waals surface area contributed by atoms with Crippen LogP contribution in [0.15, 0.2) is 22.6 Å². The molecule has 0 radical (unpaired) electrons. The van der Waals surface area contributed by atoms with E-state index in [1.165, 1.54) is 12.1 Å². The van der Waals surface area contributed by atoms with E-state index >= 15 is 0 Å². The van der Waals surface area contributed by atoms with E-state index in [4.69, 9.17) is 9.68 Å². The molecule has 0 amide bonds. The van der Waals surface area contributed by atoms with Gasteiger partial charge in [0.05, 0.1) is 23.9 Å². The quantitative estimate of drug-likeness (QED) is 0.903. The highest BCUT2D eigenvalue weighted by molar-refractivity contribution is 5.49. The van der Waals surface area contributed by atoms with Crippen LogP contribution in [0.25, 0.3) is 0 Å². The van der Waals surface area contributed by atoms with Gasteiger partial charge in [-0.3, -0.25) is 0 Å². The van der Waals surface area contributed by atoms with Crippen LogP contribution in [0.2, 0.25) is 0 Å². The molecule has 2 rings (SSSR count). The highest BCUT2D eigenvalue weighted by Gasteiger charge is 2.06. The Hall–Kier alpha value is -2.35. The summed E-state index contributed by atoms with van der Waals surface area (Å²) in [4.78, 5) is 4.20. The van der Waals surface area contributed by atoms with Crippen LogP contribution < -0.4 is 5.32 Å². The van der Waals surface area contributed by atoms with E-state index in [1.807, 2.05) is 19.9 Å². The van der Waals surface area contributed by atoms with E-state index in [-0.39, 0.29) is 5.56 Å². The normalized spacial score (nSPS) is 10.1. The maximum Gasteiger partial charge on any atom is 0.213 e. The summed E-state index contributed by atoms with van der Waals surface area (Å²) in [5, 5.41) is 11.7. The minimum Gasteiger partial charge on any atom is -0.444 e. The molecule has 0 aliphatic carbocycles. The molecule has 0 spiro atoms. The Balaban J connectivity index is 2.11. The number of halogens is 1. The first-order valence-corrected chi connectivity index (χ1v) is 5.46. The van der Waals surface area contributed by atoms with Crippen molar-refractivity contribution in [1.29, 1.82) is 5.26 Å². The molecule has 0 fully saturated rings. The molecule has 2 aromatic rings. The Labute approximate surface area is 104 Å². The van der Waals surface area contributed by atoms with Crippen LogP contribution in [0.1, 0.15) is 22.9 Å². The molecule has 0 aliphatic heterocycles. The Morgan fingerprint density at radius 1 is 1.39 bits per heavy atom. The molecule has 1 aromatic heterocycles. The lowest BCUT2D eigenvalue weighted by Gasteiger charge is -2.04. The summed E-state index contributed by atoms with van der Waals surface area (Å²) in [5.74, 6) is 0.854. The fourth-order valence-electron chi connectivity index (χ4n) is 1.55. The van der Waals surface area contributed by atoms with Crippen molar-refractivity contribution < 1.29 is 8.81 Å². The maximum absolute atomic E-state index is 13.2. The average Bonchev–Trinajstić information content (AvgIpc) is 2.65. The smallest absolute Gasteiger partial charge is 0.213 e. The van der Waals surface area contributed by atoms with Crippen molar-refractivity contribution in [3.05, 3.63) is 46.9 Å². The lowest BCUT2D eigenvalue weighted by Crippen LogP contribution is -2.00. The van der Waals surface area contributed by atoms with E-state index in [9.17, 15) is 4.39 Å². The number of nitriles is 1. The molecule has 0 aliphatic rings. The summed E-state index contributed by atoms with van der Waals surface area (Å²) >= 11 is 0. The van der Waals surface area contributed by atoms with E-state index in [1.54, 1.807) is 6.07 Å². The number of nitrogens with one attached hydrogen (secondary N) is 1. The Morgan fingerprint density at radius 3 is 2.78 bits per heavy atom.